The molecule has 2 aromatic rings. The second kappa shape index (κ2) is 10.8. The van der Waals surface area contributed by atoms with E-state index in [9.17, 15) is 19.5 Å². The van der Waals surface area contributed by atoms with Crippen molar-refractivity contribution in [2.75, 3.05) is 0 Å². The van der Waals surface area contributed by atoms with Crippen molar-refractivity contribution in [2.45, 2.75) is 64.6 Å². The summed E-state index contributed by atoms with van der Waals surface area (Å²) in [7, 11) is 0. The van der Waals surface area contributed by atoms with Crippen molar-refractivity contribution < 1.29 is 24.2 Å². The highest BCUT2D eigenvalue weighted by atomic mass is 16.6. The fourth-order valence-electron chi connectivity index (χ4n) is 2.84. The Morgan fingerprint density at radius 3 is 2.09 bits per heavy atom. The Hall–Kier alpha value is -3.55. The maximum atomic E-state index is 12.7. The quantitative estimate of drug-likeness (QED) is 0.435. The number of nitrogens with zero attached hydrogens (tertiary/aromatic N) is 2. The Balaban J connectivity index is 2.00. The van der Waals surface area contributed by atoms with Crippen LogP contribution < -0.4 is 5.32 Å². The molecule has 0 fully saturated rings. The number of amides is 1. The number of hydrogen-bond acceptors (Lipinski definition) is 6. The van der Waals surface area contributed by atoms with Crippen LogP contribution in [0.1, 0.15) is 45.7 Å². The van der Waals surface area contributed by atoms with E-state index in [0.29, 0.717) is 5.69 Å². The van der Waals surface area contributed by atoms with Gasteiger partial charge in [0.1, 0.15) is 11.6 Å². The highest BCUT2D eigenvalue weighted by molar-refractivity contribution is 5.89. The van der Waals surface area contributed by atoms with Gasteiger partial charge in [0.05, 0.1) is 12.1 Å². The number of azo groups is 1. The molecule has 176 valence electrons. The molecule has 1 amide bonds. The smallest absolute Gasteiger partial charge is 0.326 e. The molecular weight excluding hydrogens is 422 g/mol. The van der Waals surface area contributed by atoms with Gasteiger partial charge in [0.15, 0.2) is 5.54 Å². The van der Waals surface area contributed by atoms with E-state index in [2.05, 4.69) is 15.5 Å². The summed E-state index contributed by atoms with van der Waals surface area (Å²) in [5.74, 6) is -1.99. The normalized spacial score (nSPS) is 12.9. The van der Waals surface area contributed by atoms with E-state index in [1.807, 2.05) is 39.0 Å². The van der Waals surface area contributed by atoms with Gasteiger partial charge in [-0.3, -0.25) is 9.59 Å². The van der Waals surface area contributed by atoms with Gasteiger partial charge in [-0.2, -0.15) is 10.2 Å². The molecule has 2 rings (SSSR count). The first-order valence-electron chi connectivity index (χ1n) is 10.7. The molecule has 0 radical (unpaired) electrons. The molecule has 8 heteroatoms. The first kappa shape index (κ1) is 25.7. The highest BCUT2D eigenvalue weighted by Gasteiger charge is 2.31. The van der Waals surface area contributed by atoms with Crippen molar-refractivity contribution >= 4 is 23.5 Å². The summed E-state index contributed by atoms with van der Waals surface area (Å²) in [5.41, 5.74) is 0.252. The Labute approximate surface area is 194 Å². The zero-order valence-electron chi connectivity index (χ0n) is 19.7. The molecular formula is C25H31N3O5. The van der Waals surface area contributed by atoms with Gasteiger partial charge in [-0.1, -0.05) is 42.5 Å². The Kier molecular flexibility index (Phi) is 8.45. The second-order valence-corrected chi connectivity index (χ2v) is 9.24. The summed E-state index contributed by atoms with van der Waals surface area (Å²) in [6.45, 7) is 8.56. The van der Waals surface area contributed by atoms with Crippen LogP contribution in [0.4, 0.5) is 5.69 Å². The molecule has 0 bridgehead atoms. The summed E-state index contributed by atoms with van der Waals surface area (Å²) in [6.07, 6.45) is 0.300. The van der Waals surface area contributed by atoms with Gasteiger partial charge in [0.25, 0.3) is 0 Å². The predicted octanol–water partition coefficient (Wildman–Crippen LogP) is 4.25. The number of carbonyl (C=O) groups excluding carboxylic acids is 2. The van der Waals surface area contributed by atoms with Crippen LogP contribution >= 0.6 is 0 Å². The van der Waals surface area contributed by atoms with Crippen LogP contribution in [-0.2, 0) is 32.0 Å². The number of carboxylic acids is 1. The summed E-state index contributed by atoms with van der Waals surface area (Å²) in [4.78, 5) is 36.3. The Morgan fingerprint density at radius 2 is 1.55 bits per heavy atom. The molecule has 0 saturated heterocycles. The number of esters is 1. The minimum Gasteiger partial charge on any atom is -0.480 e. The highest BCUT2D eigenvalue weighted by Crippen LogP contribution is 2.19. The van der Waals surface area contributed by atoms with Gasteiger partial charge in [-0.05, 0) is 57.9 Å². The third-order valence-corrected chi connectivity index (χ3v) is 4.56. The van der Waals surface area contributed by atoms with Gasteiger partial charge >= 0.3 is 11.9 Å². The minimum atomic E-state index is -1.28. The van der Waals surface area contributed by atoms with E-state index >= 15 is 0 Å². The van der Waals surface area contributed by atoms with E-state index in [1.54, 1.807) is 50.2 Å². The lowest BCUT2D eigenvalue weighted by Crippen LogP contribution is -2.49. The van der Waals surface area contributed by atoms with Crippen molar-refractivity contribution in [1.82, 2.24) is 5.32 Å². The molecule has 0 aliphatic rings. The number of carboxylic acid groups (broad SMARTS) is 1. The molecule has 8 nitrogen and oxygen atoms in total. The molecule has 0 spiro atoms. The summed E-state index contributed by atoms with van der Waals surface area (Å²) < 4.78 is 5.31. The standard InChI is InChI=1S/C25H31N3O5/c1-24(2,3)33-21(29)16-18-11-13-19(14-12-18)27-28-25(4,5)23(32)26-20(22(30)31)15-17-9-7-6-8-10-17/h6-14,20H,15-16H2,1-5H3,(H,26,32)(H,30,31)/t20-/m0/s1. The van der Waals surface area contributed by atoms with Gasteiger partial charge < -0.3 is 15.2 Å². The zero-order chi connectivity index (χ0) is 24.6. The van der Waals surface area contributed by atoms with Crippen molar-refractivity contribution in [3.63, 3.8) is 0 Å². The van der Waals surface area contributed by atoms with E-state index in [-0.39, 0.29) is 18.8 Å². The monoisotopic (exact) mass is 453 g/mol. The van der Waals surface area contributed by atoms with E-state index in [1.165, 1.54) is 0 Å². The van der Waals surface area contributed by atoms with Crippen LogP contribution in [0.3, 0.4) is 0 Å². The van der Waals surface area contributed by atoms with Gasteiger partial charge in [0, 0.05) is 6.42 Å². The van der Waals surface area contributed by atoms with E-state index in [4.69, 9.17) is 4.74 Å². The maximum absolute atomic E-state index is 12.7. The van der Waals surface area contributed by atoms with Crippen LogP contribution in [0.25, 0.3) is 0 Å². The van der Waals surface area contributed by atoms with Crippen LogP contribution in [0, 0.1) is 0 Å². The van der Waals surface area contributed by atoms with Crippen molar-refractivity contribution in [3.8, 4) is 0 Å². The Bertz CT molecular complexity index is 993. The fraction of sp³-hybridized carbons (Fsp3) is 0.400. The number of ether oxygens (including phenoxy) is 1. The molecule has 2 N–H and O–H groups in total. The van der Waals surface area contributed by atoms with Gasteiger partial charge in [0.2, 0.25) is 5.91 Å². The molecule has 0 saturated carbocycles. The summed E-state index contributed by atoms with van der Waals surface area (Å²) in [6, 6.07) is 14.8. The first-order chi connectivity index (χ1) is 15.4. The molecule has 0 heterocycles. The van der Waals surface area contributed by atoms with E-state index < -0.39 is 29.1 Å². The SMILES string of the molecule is CC(C)(C)OC(=O)Cc1ccc(N=NC(C)(C)C(=O)N[C@@H](Cc2ccccc2)C(=O)O)cc1. The average Bonchev–Trinajstić information content (AvgIpc) is 2.72. The number of nitrogens with one attached hydrogen (secondary N) is 1. The lowest BCUT2D eigenvalue weighted by atomic mass is 10.0. The van der Waals surface area contributed by atoms with Gasteiger partial charge in [-0.15, -0.1) is 0 Å². The van der Waals surface area contributed by atoms with Crippen LogP contribution in [0.15, 0.2) is 64.8 Å². The summed E-state index contributed by atoms with van der Waals surface area (Å²) >= 11 is 0. The summed E-state index contributed by atoms with van der Waals surface area (Å²) in [5, 5.41) is 20.3. The third kappa shape index (κ3) is 8.84. The molecule has 2 aromatic carbocycles. The van der Waals surface area contributed by atoms with E-state index in [0.717, 1.165) is 11.1 Å². The minimum absolute atomic E-state index is 0.139. The van der Waals surface area contributed by atoms with Crippen LogP contribution in [0.2, 0.25) is 0 Å². The number of carbonyl (C=O) groups is 3. The zero-order valence-corrected chi connectivity index (χ0v) is 19.7. The lowest BCUT2D eigenvalue weighted by Gasteiger charge is -2.21. The molecule has 0 aromatic heterocycles. The van der Waals surface area contributed by atoms with Crippen molar-refractivity contribution in [3.05, 3.63) is 65.7 Å². The fourth-order valence-corrected chi connectivity index (χ4v) is 2.84. The topological polar surface area (TPSA) is 117 Å². The first-order valence-corrected chi connectivity index (χ1v) is 10.7. The molecule has 0 aliphatic carbocycles. The number of hydrogen-bond donors (Lipinski definition) is 2. The molecule has 1 atom stereocenters. The largest absolute Gasteiger partial charge is 0.480 e. The molecule has 33 heavy (non-hydrogen) atoms. The molecule has 0 aliphatic heterocycles. The Morgan fingerprint density at radius 1 is 0.939 bits per heavy atom. The van der Waals surface area contributed by atoms with Crippen LogP contribution in [0.5, 0.6) is 0 Å². The van der Waals surface area contributed by atoms with Crippen LogP contribution in [-0.4, -0.2) is 40.1 Å². The number of rotatable bonds is 9. The maximum Gasteiger partial charge on any atom is 0.326 e. The number of benzene rings is 2. The predicted molar refractivity (Wildman–Crippen MR) is 124 cm³/mol. The number of aliphatic carboxylic acids is 1. The average molecular weight is 454 g/mol. The molecule has 0 unspecified atom stereocenters. The lowest BCUT2D eigenvalue weighted by molar-refractivity contribution is -0.154. The van der Waals surface area contributed by atoms with Gasteiger partial charge in [-0.25, -0.2) is 4.79 Å². The van der Waals surface area contributed by atoms with Crippen molar-refractivity contribution in [1.29, 1.82) is 0 Å². The second-order valence-electron chi connectivity index (χ2n) is 9.24. The third-order valence-electron chi connectivity index (χ3n) is 4.56. The van der Waals surface area contributed by atoms with Crippen molar-refractivity contribution in [2.24, 2.45) is 10.2 Å².